The van der Waals surface area contributed by atoms with E-state index in [0.717, 1.165) is 23.1 Å². The van der Waals surface area contributed by atoms with Crippen LogP contribution in [0.5, 0.6) is 11.5 Å². The molecule has 1 N–H and O–H groups in total. The molecule has 0 atom stereocenters. The van der Waals surface area contributed by atoms with Crippen LogP contribution < -0.4 is 15.0 Å². The molecular weight excluding hydrogens is 392 g/mol. The van der Waals surface area contributed by atoms with Crippen LogP contribution in [-0.4, -0.2) is 30.0 Å². The molecule has 2 heterocycles. The monoisotopic (exact) mass is 416 g/mol. The standard InChI is InChI=1S/C24H24N4O3/c1-5-17-12-19-20(30-17)10-16(11-21(19)31-18-8-6-15(2)7-9-18)24(29)27-22-13-26-23(14-25-22)28(3)4/h6-14H,5H2,1-4H3,(H,25,27,29). The third kappa shape index (κ3) is 4.50. The van der Waals surface area contributed by atoms with Crippen molar-refractivity contribution in [2.45, 2.75) is 20.3 Å². The van der Waals surface area contributed by atoms with Gasteiger partial charge in [0.15, 0.2) is 5.82 Å². The number of anilines is 2. The minimum atomic E-state index is -0.322. The first-order valence-corrected chi connectivity index (χ1v) is 10.0. The number of fused-ring (bicyclic) bond motifs is 1. The summed E-state index contributed by atoms with van der Waals surface area (Å²) in [6, 6.07) is 13.1. The molecule has 4 aromatic rings. The molecule has 2 aromatic heterocycles. The van der Waals surface area contributed by atoms with E-state index >= 15 is 0 Å². The Morgan fingerprint density at radius 2 is 1.87 bits per heavy atom. The molecule has 0 aliphatic carbocycles. The summed E-state index contributed by atoms with van der Waals surface area (Å²) >= 11 is 0. The number of hydrogen-bond acceptors (Lipinski definition) is 6. The number of nitrogens with zero attached hydrogens (tertiary/aromatic N) is 3. The van der Waals surface area contributed by atoms with Gasteiger partial charge in [-0.3, -0.25) is 4.79 Å². The average Bonchev–Trinajstić information content (AvgIpc) is 3.19. The normalized spacial score (nSPS) is 10.8. The van der Waals surface area contributed by atoms with E-state index in [1.165, 1.54) is 6.20 Å². The second-order valence-corrected chi connectivity index (χ2v) is 7.48. The summed E-state index contributed by atoms with van der Waals surface area (Å²) < 4.78 is 12.0. The van der Waals surface area contributed by atoms with Crippen LogP contribution >= 0.6 is 0 Å². The van der Waals surface area contributed by atoms with Crippen LogP contribution in [0, 0.1) is 6.92 Å². The fourth-order valence-electron chi connectivity index (χ4n) is 3.09. The van der Waals surface area contributed by atoms with Crippen LogP contribution in [0.15, 0.2) is 59.3 Å². The summed E-state index contributed by atoms with van der Waals surface area (Å²) in [5.74, 6) is 2.82. The molecule has 0 aliphatic rings. The van der Waals surface area contributed by atoms with Crippen LogP contribution in [-0.2, 0) is 6.42 Å². The van der Waals surface area contributed by atoms with Crippen LogP contribution in [0.4, 0.5) is 11.6 Å². The highest BCUT2D eigenvalue weighted by molar-refractivity contribution is 6.06. The Labute approximate surface area is 180 Å². The number of ether oxygens (including phenoxy) is 1. The first kappa shape index (κ1) is 20.4. The van der Waals surface area contributed by atoms with Gasteiger partial charge in [0.25, 0.3) is 5.91 Å². The van der Waals surface area contributed by atoms with Crippen molar-refractivity contribution in [2.75, 3.05) is 24.3 Å². The first-order valence-electron chi connectivity index (χ1n) is 10.0. The Kier molecular flexibility index (Phi) is 5.58. The molecule has 0 bridgehead atoms. The number of carbonyl (C=O) groups is 1. The lowest BCUT2D eigenvalue weighted by molar-refractivity contribution is 0.102. The molecule has 7 heteroatoms. The van der Waals surface area contributed by atoms with Gasteiger partial charge in [-0.15, -0.1) is 0 Å². The van der Waals surface area contributed by atoms with Crippen molar-refractivity contribution in [2.24, 2.45) is 0 Å². The fourth-order valence-corrected chi connectivity index (χ4v) is 3.09. The van der Waals surface area contributed by atoms with E-state index < -0.39 is 0 Å². The number of nitrogens with one attached hydrogen (secondary N) is 1. The zero-order chi connectivity index (χ0) is 22.0. The Balaban J connectivity index is 1.66. The van der Waals surface area contributed by atoms with Gasteiger partial charge in [-0.2, -0.15) is 0 Å². The van der Waals surface area contributed by atoms with Crippen molar-refractivity contribution < 1.29 is 13.9 Å². The zero-order valence-corrected chi connectivity index (χ0v) is 18.0. The lowest BCUT2D eigenvalue weighted by Gasteiger charge is -2.12. The topological polar surface area (TPSA) is 80.5 Å². The van der Waals surface area contributed by atoms with E-state index in [9.17, 15) is 4.79 Å². The second kappa shape index (κ2) is 8.47. The molecule has 7 nitrogen and oxygen atoms in total. The molecule has 0 spiro atoms. The lowest BCUT2D eigenvalue weighted by atomic mass is 10.1. The first-order chi connectivity index (χ1) is 14.9. The molecule has 1 amide bonds. The summed E-state index contributed by atoms with van der Waals surface area (Å²) in [6.07, 6.45) is 3.87. The van der Waals surface area contributed by atoms with Crippen molar-refractivity contribution in [3.05, 3.63) is 71.7 Å². The van der Waals surface area contributed by atoms with E-state index in [0.29, 0.717) is 34.3 Å². The van der Waals surface area contributed by atoms with Crippen LogP contribution in [0.1, 0.15) is 28.6 Å². The molecule has 158 valence electrons. The number of rotatable bonds is 6. The molecular formula is C24H24N4O3. The number of hydrogen-bond donors (Lipinski definition) is 1. The highest BCUT2D eigenvalue weighted by Crippen LogP contribution is 2.34. The maximum absolute atomic E-state index is 12.9. The smallest absolute Gasteiger partial charge is 0.257 e. The Hall–Kier alpha value is -3.87. The van der Waals surface area contributed by atoms with E-state index in [-0.39, 0.29) is 5.91 Å². The number of aryl methyl sites for hydroxylation is 2. The zero-order valence-electron chi connectivity index (χ0n) is 18.0. The lowest BCUT2D eigenvalue weighted by Crippen LogP contribution is -2.15. The average molecular weight is 416 g/mol. The van der Waals surface area contributed by atoms with E-state index in [1.807, 2.05) is 63.2 Å². The number of amides is 1. The van der Waals surface area contributed by atoms with Crippen LogP contribution in [0.2, 0.25) is 0 Å². The number of furan rings is 1. The summed E-state index contributed by atoms with van der Waals surface area (Å²) in [7, 11) is 3.75. The third-order valence-corrected chi connectivity index (χ3v) is 4.85. The molecule has 4 rings (SSSR count). The molecule has 0 radical (unpaired) electrons. The summed E-state index contributed by atoms with van der Waals surface area (Å²) in [6.45, 7) is 4.03. The van der Waals surface area contributed by atoms with E-state index in [2.05, 4.69) is 15.3 Å². The van der Waals surface area contributed by atoms with Gasteiger partial charge in [-0.1, -0.05) is 24.6 Å². The predicted octanol–water partition coefficient (Wildman–Crippen LogP) is 5.20. The summed E-state index contributed by atoms with van der Waals surface area (Å²) in [4.78, 5) is 23.3. The molecule has 0 saturated carbocycles. The molecule has 0 aliphatic heterocycles. The molecule has 0 saturated heterocycles. The number of aromatic nitrogens is 2. The third-order valence-electron chi connectivity index (χ3n) is 4.85. The minimum absolute atomic E-state index is 0.322. The van der Waals surface area contributed by atoms with Gasteiger partial charge in [0.1, 0.15) is 28.7 Å². The molecule has 31 heavy (non-hydrogen) atoms. The van der Waals surface area contributed by atoms with Gasteiger partial charge in [0.05, 0.1) is 17.8 Å². The van der Waals surface area contributed by atoms with Crippen molar-refractivity contribution in [3.8, 4) is 11.5 Å². The fraction of sp³-hybridized carbons (Fsp3) is 0.208. The van der Waals surface area contributed by atoms with E-state index in [1.54, 1.807) is 18.3 Å². The molecule has 0 fully saturated rings. The highest BCUT2D eigenvalue weighted by atomic mass is 16.5. The maximum Gasteiger partial charge on any atom is 0.257 e. The number of benzene rings is 2. The van der Waals surface area contributed by atoms with Gasteiger partial charge in [-0.25, -0.2) is 9.97 Å². The SMILES string of the molecule is CCc1cc2c(Oc3ccc(C)cc3)cc(C(=O)Nc3cnc(N(C)C)cn3)cc2o1. The van der Waals surface area contributed by atoms with Crippen LogP contribution in [0.3, 0.4) is 0 Å². The van der Waals surface area contributed by atoms with Gasteiger partial charge in [0.2, 0.25) is 0 Å². The summed E-state index contributed by atoms with van der Waals surface area (Å²) in [5.41, 5.74) is 2.15. The predicted molar refractivity (Wildman–Crippen MR) is 121 cm³/mol. The van der Waals surface area contributed by atoms with E-state index in [4.69, 9.17) is 9.15 Å². The number of carbonyl (C=O) groups excluding carboxylic acids is 1. The molecule has 0 unspecified atom stereocenters. The van der Waals surface area contributed by atoms with Crippen molar-refractivity contribution in [3.63, 3.8) is 0 Å². The largest absolute Gasteiger partial charge is 0.461 e. The van der Waals surface area contributed by atoms with Gasteiger partial charge in [0, 0.05) is 26.1 Å². The van der Waals surface area contributed by atoms with Gasteiger partial charge >= 0.3 is 0 Å². The Morgan fingerprint density at radius 1 is 1.10 bits per heavy atom. The van der Waals surface area contributed by atoms with Crippen molar-refractivity contribution in [1.82, 2.24) is 9.97 Å². The Morgan fingerprint density at radius 3 is 2.52 bits per heavy atom. The summed E-state index contributed by atoms with van der Waals surface area (Å²) in [5, 5.41) is 3.60. The highest BCUT2D eigenvalue weighted by Gasteiger charge is 2.16. The molecule has 2 aromatic carbocycles. The maximum atomic E-state index is 12.9. The van der Waals surface area contributed by atoms with Crippen molar-refractivity contribution >= 4 is 28.5 Å². The van der Waals surface area contributed by atoms with Gasteiger partial charge in [-0.05, 0) is 37.3 Å². The van der Waals surface area contributed by atoms with Crippen LogP contribution in [0.25, 0.3) is 11.0 Å². The second-order valence-electron chi connectivity index (χ2n) is 7.48. The quantitative estimate of drug-likeness (QED) is 0.465. The van der Waals surface area contributed by atoms with Gasteiger partial charge < -0.3 is 19.4 Å². The Bertz CT molecular complexity index is 1210. The van der Waals surface area contributed by atoms with Crippen molar-refractivity contribution in [1.29, 1.82) is 0 Å². The minimum Gasteiger partial charge on any atom is -0.461 e.